The third-order valence-electron chi connectivity index (χ3n) is 0. The molecule has 0 aliphatic rings. The van der Waals surface area contributed by atoms with E-state index in [1.807, 2.05) is 0 Å². The summed E-state index contributed by atoms with van der Waals surface area (Å²) in [6.45, 7) is 0. The van der Waals surface area contributed by atoms with Crippen molar-refractivity contribution in [3.63, 3.8) is 0 Å². The maximum absolute atomic E-state index is 8.56. The van der Waals surface area contributed by atoms with Crippen molar-refractivity contribution in [2.45, 2.75) is 0 Å². The number of carbonyl (C=O) groups is 3. The SMILES string of the molecule is N.N.O=C(O)O.O=C([O-])O.O=C([O-])O.[Ca+2]. The van der Waals surface area contributed by atoms with Crippen LogP contribution in [0.5, 0.6) is 0 Å². The van der Waals surface area contributed by atoms with E-state index in [2.05, 4.69) is 0 Å². The third kappa shape index (κ3) is 1540. The van der Waals surface area contributed by atoms with Crippen molar-refractivity contribution >= 4 is 56.2 Å². The van der Waals surface area contributed by atoms with E-state index in [0.717, 1.165) is 0 Å². The van der Waals surface area contributed by atoms with E-state index in [0.29, 0.717) is 0 Å². The molecule has 0 unspecified atom stereocenters. The molecule has 0 aromatic rings. The van der Waals surface area contributed by atoms with Gasteiger partial charge in [0, 0.05) is 0 Å². The molecule has 0 heterocycles. The molecule has 0 aliphatic heterocycles. The smallest absolute Gasteiger partial charge is 0.565 e. The van der Waals surface area contributed by atoms with Crippen molar-refractivity contribution in [2.24, 2.45) is 0 Å². The van der Waals surface area contributed by atoms with E-state index in [-0.39, 0.29) is 50.0 Å². The Morgan fingerprint density at radius 1 is 0.733 bits per heavy atom. The first kappa shape index (κ1) is 37.0. The fourth-order valence-electron chi connectivity index (χ4n) is 0. The van der Waals surface area contributed by atoms with E-state index in [1.165, 1.54) is 0 Å². The molecule has 0 bridgehead atoms. The van der Waals surface area contributed by atoms with Gasteiger partial charge in [-0.1, -0.05) is 0 Å². The Morgan fingerprint density at radius 2 is 0.733 bits per heavy atom. The molecule has 88 valence electrons. The summed E-state index contributed by atoms with van der Waals surface area (Å²) in [6, 6.07) is 0. The molecule has 0 aliphatic carbocycles. The average molecular weight is 258 g/mol. The van der Waals surface area contributed by atoms with Gasteiger partial charge in [0.2, 0.25) is 12.3 Å². The Balaban J connectivity index is -0.0000000184. The van der Waals surface area contributed by atoms with Crippen molar-refractivity contribution in [1.82, 2.24) is 12.3 Å². The van der Waals surface area contributed by atoms with Crippen LogP contribution in [0.25, 0.3) is 0 Å². The van der Waals surface area contributed by atoms with E-state index in [4.69, 9.17) is 45.0 Å². The molecule has 10 N–H and O–H groups in total. The summed E-state index contributed by atoms with van der Waals surface area (Å²) >= 11 is 0. The molecule has 0 amide bonds. The van der Waals surface area contributed by atoms with Crippen LogP contribution in [0.3, 0.4) is 0 Å². The maximum atomic E-state index is 8.56. The molecular weight excluding hydrogens is 248 g/mol. The first-order valence-electron chi connectivity index (χ1n) is 1.92. The van der Waals surface area contributed by atoms with Crippen molar-refractivity contribution < 1.29 is 45.0 Å². The Labute approximate surface area is 113 Å². The molecule has 0 radical (unpaired) electrons. The zero-order valence-electron chi connectivity index (χ0n) is 7.45. The van der Waals surface area contributed by atoms with Crippen LogP contribution in [0.2, 0.25) is 0 Å². The van der Waals surface area contributed by atoms with Crippen molar-refractivity contribution in [1.29, 1.82) is 0 Å². The Kier molecular flexibility index (Phi) is 72.1. The minimum absolute atomic E-state index is 0. The second-order valence-electron chi connectivity index (χ2n) is 0.814. The van der Waals surface area contributed by atoms with Gasteiger partial charge in [0.25, 0.3) is 0 Å². The molecule has 0 saturated carbocycles. The summed E-state index contributed by atoms with van der Waals surface area (Å²) in [7, 11) is 0. The summed E-state index contributed by atoms with van der Waals surface area (Å²) in [5.41, 5.74) is 0. The molecule has 0 rings (SSSR count). The van der Waals surface area contributed by atoms with Gasteiger partial charge in [0.05, 0.1) is 0 Å². The van der Waals surface area contributed by atoms with Gasteiger partial charge in [-0.05, 0) is 0 Å². The van der Waals surface area contributed by atoms with Crippen LogP contribution in [-0.4, -0.2) is 76.6 Å². The fourth-order valence-corrected chi connectivity index (χ4v) is 0. The van der Waals surface area contributed by atoms with Crippen molar-refractivity contribution in [3.8, 4) is 0 Å². The third-order valence-corrected chi connectivity index (χ3v) is 0. The summed E-state index contributed by atoms with van der Waals surface area (Å²) in [4.78, 5) is 25.4. The van der Waals surface area contributed by atoms with Crippen LogP contribution in [0.4, 0.5) is 14.4 Å². The zero-order valence-corrected chi connectivity index (χ0v) is 9.66. The van der Waals surface area contributed by atoms with Gasteiger partial charge in [-0.25, -0.2) is 4.79 Å². The zero-order chi connectivity index (χ0) is 10.7. The molecule has 12 heteroatoms. The molecular formula is C3H10CaN2O9. The van der Waals surface area contributed by atoms with Crippen LogP contribution in [-0.2, 0) is 0 Å². The molecule has 15 heavy (non-hydrogen) atoms. The van der Waals surface area contributed by atoms with E-state index < -0.39 is 18.5 Å². The van der Waals surface area contributed by atoms with Crippen LogP contribution in [0, 0.1) is 0 Å². The van der Waals surface area contributed by atoms with Crippen LogP contribution in [0.1, 0.15) is 0 Å². The summed E-state index contributed by atoms with van der Waals surface area (Å²) < 4.78 is 0. The summed E-state index contributed by atoms with van der Waals surface area (Å²) in [5.74, 6) is 0. The van der Waals surface area contributed by atoms with Gasteiger partial charge < -0.3 is 52.5 Å². The van der Waals surface area contributed by atoms with Gasteiger partial charge in [0.15, 0.2) is 0 Å². The first-order chi connectivity index (χ1) is 5.20. The Morgan fingerprint density at radius 3 is 0.733 bits per heavy atom. The molecule has 0 atom stereocenters. The molecule has 0 spiro atoms. The quantitative estimate of drug-likeness (QED) is 0.257. The molecule has 0 aromatic heterocycles. The monoisotopic (exact) mass is 258 g/mol. The number of hydrogen-bond acceptors (Lipinski definition) is 7. The van der Waals surface area contributed by atoms with E-state index in [1.54, 1.807) is 0 Å². The Bertz CT molecular complexity index is 121. The second-order valence-corrected chi connectivity index (χ2v) is 0.814. The molecule has 0 fully saturated rings. The van der Waals surface area contributed by atoms with E-state index in [9.17, 15) is 0 Å². The van der Waals surface area contributed by atoms with Gasteiger partial charge in [-0.3, -0.25) is 0 Å². The van der Waals surface area contributed by atoms with Crippen molar-refractivity contribution in [3.05, 3.63) is 0 Å². The van der Waals surface area contributed by atoms with Crippen molar-refractivity contribution in [2.75, 3.05) is 0 Å². The predicted octanol–water partition coefficient (Wildman–Crippen LogP) is -2.06. The van der Waals surface area contributed by atoms with Crippen LogP contribution < -0.4 is 22.5 Å². The minimum atomic E-state index is -2.08. The fraction of sp³-hybridized carbons (Fsp3) is 0. The molecule has 11 nitrogen and oxygen atoms in total. The van der Waals surface area contributed by atoms with Gasteiger partial charge in [0.1, 0.15) is 0 Å². The predicted molar refractivity (Wildman–Crippen MR) is 42.5 cm³/mol. The standard InChI is InChI=1S/3CH2O3.Ca.2H3N/c3*2-1(3)4;;;/h3*(H2,2,3,4);;2*1H3/q;;;+2;;/p-2. The average Bonchev–Trinajstić information content (AvgIpc) is 1.54. The number of hydrogen-bond donors (Lipinski definition) is 6. The summed E-state index contributed by atoms with van der Waals surface area (Å²) in [5, 5.41) is 44.6. The van der Waals surface area contributed by atoms with Gasteiger partial charge in [-0.15, -0.1) is 0 Å². The number of carboxylic acid groups (broad SMARTS) is 6. The number of rotatable bonds is 0. The van der Waals surface area contributed by atoms with Gasteiger partial charge >= 0.3 is 43.9 Å². The normalized spacial score (nSPS) is 4.80. The second kappa shape index (κ2) is 29.3. The van der Waals surface area contributed by atoms with Crippen LogP contribution >= 0.6 is 0 Å². The van der Waals surface area contributed by atoms with Gasteiger partial charge in [-0.2, -0.15) is 0 Å². The first-order valence-corrected chi connectivity index (χ1v) is 1.92. The largest absolute Gasteiger partial charge is 2.00 e. The minimum Gasteiger partial charge on any atom is -0.565 e. The topological polar surface area (TPSA) is 248 Å². The summed E-state index contributed by atoms with van der Waals surface area (Å²) in [6.07, 6.45) is -6.00. The molecule has 0 saturated heterocycles. The van der Waals surface area contributed by atoms with Crippen LogP contribution in [0.15, 0.2) is 0 Å². The molecule has 0 aromatic carbocycles. The Hall–Kier alpha value is -1.01. The maximum Gasteiger partial charge on any atom is 2.00 e. The van der Waals surface area contributed by atoms with E-state index >= 15 is 0 Å².